The van der Waals surface area contributed by atoms with Crippen molar-refractivity contribution >= 4 is 11.6 Å². The highest BCUT2D eigenvalue weighted by Gasteiger charge is 2.35. The number of aromatic nitrogens is 4. The Labute approximate surface area is 113 Å². The molecule has 0 radical (unpaired) electrons. The van der Waals surface area contributed by atoms with E-state index in [4.69, 9.17) is 5.73 Å². The molecule has 0 atom stereocenters. The van der Waals surface area contributed by atoms with Gasteiger partial charge in [-0.25, -0.2) is 9.97 Å². The van der Waals surface area contributed by atoms with Crippen LogP contribution in [0.25, 0.3) is 0 Å². The monoisotopic (exact) mass is 286 g/mol. The van der Waals surface area contributed by atoms with E-state index in [1.807, 2.05) is 0 Å². The number of halogens is 3. The normalized spacial score (nSPS) is 11.7. The summed E-state index contributed by atoms with van der Waals surface area (Å²) in [7, 11) is 3.38. The summed E-state index contributed by atoms with van der Waals surface area (Å²) in [6, 6.07) is 1.30. The second kappa shape index (κ2) is 4.99. The summed E-state index contributed by atoms with van der Waals surface area (Å²) in [6.45, 7) is 0.363. The topological polar surface area (TPSA) is 72.9 Å². The first kappa shape index (κ1) is 14.1. The van der Waals surface area contributed by atoms with Crippen LogP contribution in [0.15, 0.2) is 18.5 Å². The van der Waals surface area contributed by atoms with Crippen molar-refractivity contribution in [3.63, 3.8) is 0 Å². The van der Waals surface area contributed by atoms with Gasteiger partial charge in [-0.1, -0.05) is 0 Å². The quantitative estimate of drug-likeness (QED) is 0.924. The van der Waals surface area contributed by atoms with Crippen molar-refractivity contribution in [2.45, 2.75) is 12.7 Å². The Balaban J connectivity index is 2.25. The van der Waals surface area contributed by atoms with Crippen LogP contribution in [0, 0.1) is 0 Å². The molecular formula is C11H13F3N6. The summed E-state index contributed by atoms with van der Waals surface area (Å²) < 4.78 is 39.5. The van der Waals surface area contributed by atoms with Crippen LogP contribution >= 0.6 is 0 Å². The van der Waals surface area contributed by atoms with E-state index in [-0.39, 0.29) is 11.6 Å². The van der Waals surface area contributed by atoms with E-state index in [1.165, 1.54) is 6.07 Å². The molecule has 20 heavy (non-hydrogen) atoms. The Morgan fingerprint density at radius 1 is 1.35 bits per heavy atom. The van der Waals surface area contributed by atoms with Gasteiger partial charge < -0.3 is 10.6 Å². The fourth-order valence-corrected chi connectivity index (χ4v) is 1.68. The van der Waals surface area contributed by atoms with Crippen LogP contribution in [-0.4, -0.2) is 26.8 Å². The number of nitrogens with two attached hydrogens (primary N) is 1. The smallest absolute Gasteiger partial charge is 0.384 e. The minimum absolute atomic E-state index is 0.105. The predicted octanol–water partition coefficient (Wildman–Crippen LogP) is 1.45. The maximum Gasteiger partial charge on any atom is 0.451 e. The Morgan fingerprint density at radius 3 is 2.60 bits per heavy atom. The van der Waals surface area contributed by atoms with E-state index in [0.29, 0.717) is 6.54 Å². The Morgan fingerprint density at radius 2 is 2.05 bits per heavy atom. The lowest BCUT2D eigenvalue weighted by atomic mass is 10.3. The van der Waals surface area contributed by atoms with Crippen LogP contribution in [-0.2, 0) is 19.8 Å². The summed E-state index contributed by atoms with van der Waals surface area (Å²) in [5.41, 5.74) is 6.25. The highest BCUT2D eigenvalue weighted by atomic mass is 19.4. The number of nitrogen functional groups attached to an aromatic ring is 1. The van der Waals surface area contributed by atoms with Crippen LogP contribution in [0.4, 0.5) is 24.8 Å². The molecule has 0 aliphatic heterocycles. The number of hydrogen-bond acceptors (Lipinski definition) is 5. The molecule has 0 spiro atoms. The molecular weight excluding hydrogens is 273 g/mol. The fourth-order valence-electron chi connectivity index (χ4n) is 1.68. The molecule has 0 unspecified atom stereocenters. The van der Waals surface area contributed by atoms with Crippen molar-refractivity contribution in [2.24, 2.45) is 7.05 Å². The Bertz CT molecular complexity index is 606. The number of aryl methyl sites for hydroxylation is 1. The molecule has 0 fully saturated rings. The summed E-state index contributed by atoms with van der Waals surface area (Å²) >= 11 is 0. The van der Waals surface area contributed by atoms with Gasteiger partial charge in [-0.15, -0.1) is 0 Å². The first-order valence-corrected chi connectivity index (χ1v) is 5.66. The molecule has 2 N–H and O–H groups in total. The summed E-state index contributed by atoms with van der Waals surface area (Å²) in [4.78, 5) is 8.23. The molecule has 2 aromatic heterocycles. The molecule has 2 aromatic rings. The molecule has 2 heterocycles. The van der Waals surface area contributed by atoms with E-state index in [9.17, 15) is 13.2 Å². The van der Waals surface area contributed by atoms with Crippen LogP contribution in [0.3, 0.4) is 0 Å². The van der Waals surface area contributed by atoms with Gasteiger partial charge in [-0.2, -0.15) is 18.3 Å². The fraction of sp³-hybridized carbons (Fsp3) is 0.364. The molecule has 9 heteroatoms. The van der Waals surface area contributed by atoms with E-state index >= 15 is 0 Å². The third kappa shape index (κ3) is 3.16. The molecule has 0 bridgehead atoms. The zero-order valence-electron chi connectivity index (χ0n) is 10.9. The standard InChI is InChI=1S/C11H13F3N6/c1-19(5-7-4-16-20(2)6-7)9-3-8(15)17-10(18-9)11(12,13)14/h3-4,6H,5H2,1-2H3,(H2,15,17,18). The van der Waals surface area contributed by atoms with Crippen LogP contribution < -0.4 is 10.6 Å². The maximum absolute atomic E-state index is 12.6. The molecule has 0 aromatic carbocycles. The number of rotatable bonds is 3. The maximum atomic E-state index is 12.6. The predicted molar refractivity (Wildman–Crippen MR) is 66.8 cm³/mol. The third-order valence-corrected chi connectivity index (χ3v) is 2.56. The number of nitrogens with zero attached hydrogens (tertiary/aromatic N) is 5. The number of alkyl halides is 3. The first-order chi connectivity index (χ1) is 9.25. The average molecular weight is 286 g/mol. The molecule has 0 aliphatic rings. The van der Waals surface area contributed by atoms with Gasteiger partial charge in [-0.3, -0.25) is 4.68 Å². The van der Waals surface area contributed by atoms with Gasteiger partial charge in [0.15, 0.2) is 0 Å². The minimum atomic E-state index is -4.63. The molecule has 0 saturated carbocycles. The van der Waals surface area contributed by atoms with Crippen LogP contribution in [0.5, 0.6) is 0 Å². The van der Waals surface area contributed by atoms with Crippen molar-refractivity contribution in [1.82, 2.24) is 19.7 Å². The van der Waals surface area contributed by atoms with Gasteiger partial charge in [-0.05, 0) is 0 Å². The van der Waals surface area contributed by atoms with Gasteiger partial charge in [0.2, 0.25) is 5.82 Å². The molecule has 108 valence electrons. The zero-order chi connectivity index (χ0) is 14.9. The van der Waals surface area contributed by atoms with E-state index in [2.05, 4.69) is 15.1 Å². The van der Waals surface area contributed by atoms with Gasteiger partial charge in [0.25, 0.3) is 0 Å². The van der Waals surface area contributed by atoms with Gasteiger partial charge in [0.05, 0.1) is 6.20 Å². The number of anilines is 2. The molecule has 0 amide bonds. The summed E-state index contributed by atoms with van der Waals surface area (Å²) in [5.74, 6) is -1.36. The largest absolute Gasteiger partial charge is 0.451 e. The van der Waals surface area contributed by atoms with Crippen molar-refractivity contribution in [3.8, 4) is 0 Å². The lowest BCUT2D eigenvalue weighted by Crippen LogP contribution is -2.21. The highest BCUT2D eigenvalue weighted by molar-refractivity contribution is 5.47. The molecule has 6 nitrogen and oxygen atoms in total. The van der Waals surface area contributed by atoms with Crippen molar-refractivity contribution in [3.05, 3.63) is 29.8 Å². The van der Waals surface area contributed by atoms with Crippen LogP contribution in [0.2, 0.25) is 0 Å². The van der Waals surface area contributed by atoms with Crippen molar-refractivity contribution in [1.29, 1.82) is 0 Å². The van der Waals surface area contributed by atoms with Crippen molar-refractivity contribution in [2.75, 3.05) is 17.7 Å². The van der Waals surface area contributed by atoms with Crippen molar-refractivity contribution < 1.29 is 13.2 Å². The molecule has 2 rings (SSSR count). The van der Waals surface area contributed by atoms with Crippen LogP contribution in [0.1, 0.15) is 11.4 Å². The summed E-state index contributed by atoms with van der Waals surface area (Å²) in [6.07, 6.45) is -1.23. The second-order valence-electron chi connectivity index (χ2n) is 4.35. The van der Waals surface area contributed by atoms with E-state index < -0.39 is 12.0 Å². The Kier molecular flexibility index (Phi) is 3.51. The highest BCUT2D eigenvalue weighted by Crippen LogP contribution is 2.28. The SMILES string of the molecule is CN(Cc1cnn(C)c1)c1cc(N)nc(C(F)(F)F)n1. The lowest BCUT2D eigenvalue weighted by Gasteiger charge is -2.18. The summed E-state index contributed by atoms with van der Waals surface area (Å²) in [5, 5.41) is 3.99. The van der Waals surface area contributed by atoms with Gasteiger partial charge >= 0.3 is 6.18 Å². The number of hydrogen-bond donors (Lipinski definition) is 1. The van der Waals surface area contributed by atoms with Gasteiger partial charge in [0.1, 0.15) is 11.6 Å². The zero-order valence-corrected chi connectivity index (χ0v) is 10.9. The molecule has 0 saturated heterocycles. The lowest BCUT2D eigenvalue weighted by molar-refractivity contribution is -0.144. The molecule has 0 aliphatic carbocycles. The average Bonchev–Trinajstić information content (AvgIpc) is 2.72. The van der Waals surface area contributed by atoms with Gasteiger partial charge in [0, 0.05) is 38.5 Å². The Hall–Kier alpha value is -2.32. The minimum Gasteiger partial charge on any atom is -0.384 e. The second-order valence-corrected chi connectivity index (χ2v) is 4.35. The first-order valence-electron chi connectivity index (χ1n) is 5.66. The van der Waals surface area contributed by atoms with E-state index in [1.54, 1.807) is 36.1 Å². The third-order valence-electron chi connectivity index (χ3n) is 2.56. The van der Waals surface area contributed by atoms with E-state index in [0.717, 1.165) is 5.56 Å².